The Kier molecular flexibility index (Phi) is 16.0. The number of hydrogen-bond donors (Lipinski definition) is 0. The average Bonchev–Trinajstić information content (AvgIpc) is 3.85. The monoisotopic (exact) mass is 914 g/mol. The van der Waals surface area contributed by atoms with E-state index in [4.69, 9.17) is 0 Å². The molecule has 0 unspecified atom stereocenters. The Morgan fingerprint density at radius 2 is 1.08 bits per heavy atom. The highest BCUT2D eigenvalue weighted by molar-refractivity contribution is 5.94. The first-order valence-corrected chi connectivity index (χ1v) is 25.1. The van der Waals surface area contributed by atoms with Crippen LogP contribution in [0.15, 0.2) is 272 Å². The molecule has 0 nitrogen and oxygen atoms in total. The van der Waals surface area contributed by atoms with Crippen LogP contribution in [0.25, 0.3) is 45.0 Å². The largest absolute Gasteiger partial charge is 0.121 e. The van der Waals surface area contributed by atoms with Gasteiger partial charge in [-0.15, -0.1) is 5.73 Å². The van der Waals surface area contributed by atoms with Crippen molar-refractivity contribution in [3.8, 4) is 33.4 Å². The van der Waals surface area contributed by atoms with Gasteiger partial charge in [-0.1, -0.05) is 237 Å². The van der Waals surface area contributed by atoms with Gasteiger partial charge < -0.3 is 0 Å². The molecule has 2 aliphatic rings. The Bertz CT molecular complexity index is 3340. The molecule has 0 fully saturated rings. The van der Waals surface area contributed by atoms with E-state index in [2.05, 4.69) is 263 Å². The van der Waals surface area contributed by atoms with Gasteiger partial charge in [0.2, 0.25) is 0 Å². The molecule has 0 amide bonds. The second-order valence-corrected chi connectivity index (χ2v) is 18.7. The quantitative estimate of drug-likeness (QED) is 0.0799. The molecular weight excluding hydrogens is 853 g/mol. The molecule has 0 aromatic heterocycles. The molecular formula is C71H62. The van der Waals surface area contributed by atoms with E-state index in [-0.39, 0.29) is 0 Å². The maximum Gasteiger partial charge on any atom is -0.00196 e. The first kappa shape index (κ1) is 47.8. The predicted octanol–water partition coefficient (Wildman–Crippen LogP) is 18.5. The first-order chi connectivity index (χ1) is 34.9. The van der Waals surface area contributed by atoms with Crippen molar-refractivity contribution in [2.45, 2.75) is 52.9 Å². The minimum atomic E-state index is 0.893. The molecule has 0 radical (unpaired) electrons. The van der Waals surface area contributed by atoms with Crippen molar-refractivity contribution in [2.75, 3.05) is 0 Å². The molecule has 0 atom stereocenters. The highest BCUT2D eigenvalue weighted by Gasteiger charge is 2.14. The van der Waals surface area contributed by atoms with Crippen LogP contribution in [-0.4, -0.2) is 0 Å². The van der Waals surface area contributed by atoms with Crippen LogP contribution >= 0.6 is 0 Å². The van der Waals surface area contributed by atoms with E-state index in [1.54, 1.807) is 0 Å². The Morgan fingerprint density at radius 1 is 0.479 bits per heavy atom. The van der Waals surface area contributed by atoms with Crippen molar-refractivity contribution in [2.24, 2.45) is 0 Å². The van der Waals surface area contributed by atoms with Gasteiger partial charge in [0, 0.05) is 0 Å². The van der Waals surface area contributed by atoms with Crippen LogP contribution in [0.2, 0.25) is 0 Å². The summed E-state index contributed by atoms with van der Waals surface area (Å²) in [7, 11) is 0. The summed E-state index contributed by atoms with van der Waals surface area (Å²) >= 11 is 0. The summed E-state index contributed by atoms with van der Waals surface area (Å²) in [6, 6.07) is 71.6. The number of hydrogen-bond acceptors (Lipinski definition) is 0. The third kappa shape index (κ3) is 12.9. The van der Waals surface area contributed by atoms with Crippen LogP contribution in [0, 0.1) is 13.8 Å². The van der Waals surface area contributed by atoms with Crippen LogP contribution in [0.3, 0.4) is 0 Å². The lowest BCUT2D eigenvalue weighted by Gasteiger charge is -2.15. The average molecular weight is 915 g/mol. The summed E-state index contributed by atoms with van der Waals surface area (Å²) < 4.78 is 0. The maximum absolute atomic E-state index is 2.99. The number of allylic oxidation sites excluding steroid dienone is 12. The Hall–Kier alpha value is -8.28. The molecule has 346 valence electrons. The van der Waals surface area contributed by atoms with Crippen LogP contribution in [0.4, 0.5) is 0 Å². The standard InChI is InChI=1S/C63H54.C8H8/c1-46-27-29-51(43-61(46)59-25-15-13-23-56(59)36-31-48-17-7-5-8-18-48)41-50-32-34-53(35-33-50)54-37-39-57(40-38-54)63(55-21-11-3-4-12-22-55)45-52-30-28-47(2)62(44-52)60-26-16-14-24-58(60)42-49-19-9-6-10-20-49;1-8-6-4-2-3-5-7-8/h3-11,13-30,32-35,37-40,43-45H,12,31,36,41-42H2,1-2H3;2-4,6-7H,1H3/b63-45-;. The zero-order valence-corrected chi connectivity index (χ0v) is 41.4. The fraction of sp³-hybridized carbons (Fsp3) is 0.113. The third-order valence-electron chi connectivity index (χ3n) is 13.4. The van der Waals surface area contributed by atoms with E-state index in [9.17, 15) is 0 Å². The fourth-order valence-corrected chi connectivity index (χ4v) is 9.48. The summed E-state index contributed by atoms with van der Waals surface area (Å²) in [5.41, 5.74) is 27.5. The van der Waals surface area contributed by atoms with Crippen molar-refractivity contribution >= 4 is 11.6 Å². The molecule has 8 aromatic carbocycles. The van der Waals surface area contributed by atoms with E-state index in [0.29, 0.717) is 0 Å². The molecule has 0 aliphatic heterocycles. The third-order valence-corrected chi connectivity index (χ3v) is 13.4. The number of rotatable bonds is 13. The van der Waals surface area contributed by atoms with E-state index < -0.39 is 0 Å². The maximum atomic E-state index is 2.99. The van der Waals surface area contributed by atoms with Gasteiger partial charge in [-0.2, -0.15) is 0 Å². The molecule has 0 saturated carbocycles. The predicted molar refractivity (Wildman–Crippen MR) is 305 cm³/mol. The minimum absolute atomic E-state index is 0.893. The summed E-state index contributed by atoms with van der Waals surface area (Å²) in [6.45, 7) is 6.51. The molecule has 0 heterocycles. The van der Waals surface area contributed by atoms with Crippen LogP contribution < -0.4 is 0 Å². The second-order valence-electron chi connectivity index (χ2n) is 18.7. The van der Waals surface area contributed by atoms with Gasteiger partial charge in [-0.25, -0.2) is 0 Å². The van der Waals surface area contributed by atoms with Crippen LogP contribution in [0.5, 0.6) is 0 Å². The van der Waals surface area contributed by atoms with Gasteiger partial charge in [0.05, 0.1) is 0 Å². The zero-order valence-electron chi connectivity index (χ0n) is 41.4. The van der Waals surface area contributed by atoms with Gasteiger partial charge in [0.1, 0.15) is 0 Å². The lowest BCUT2D eigenvalue weighted by molar-refractivity contribution is 0.962. The molecule has 0 spiro atoms. The second kappa shape index (κ2) is 23.8. The first-order valence-electron chi connectivity index (χ1n) is 25.1. The van der Waals surface area contributed by atoms with E-state index >= 15 is 0 Å². The summed E-state index contributed by atoms with van der Waals surface area (Å²) in [5.74, 6) is 0. The normalized spacial score (nSPS) is 12.9. The van der Waals surface area contributed by atoms with E-state index in [0.717, 1.165) is 32.1 Å². The SMILES string of the molecule is CC1=CC=CC=C=C1.Cc1ccc(Cc2ccc(-c3ccc(/C(=C\c4ccc(C)c(-c5ccccc5Cc5ccccc5)c4)C4=CCC=CC=C4)cc3)cc2)cc1-c1ccccc1CCc1ccccc1. The lowest BCUT2D eigenvalue weighted by Crippen LogP contribution is -1.97. The van der Waals surface area contributed by atoms with E-state index in [1.165, 1.54) is 106 Å². The summed E-state index contributed by atoms with van der Waals surface area (Å²) in [4.78, 5) is 0. The van der Waals surface area contributed by atoms with Crippen molar-refractivity contribution in [3.63, 3.8) is 0 Å². The molecule has 8 aromatic rings. The van der Waals surface area contributed by atoms with Gasteiger partial charge in [0.15, 0.2) is 0 Å². The molecule has 71 heavy (non-hydrogen) atoms. The molecule has 0 bridgehead atoms. The van der Waals surface area contributed by atoms with Crippen molar-refractivity contribution < 1.29 is 0 Å². The van der Waals surface area contributed by atoms with Crippen molar-refractivity contribution in [1.82, 2.24) is 0 Å². The number of benzene rings is 8. The molecule has 2 aliphatic carbocycles. The Balaban J connectivity index is 0.000000711. The van der Waals surface area contributed by atoms with Crippen LogP contribution in [0.1, 0.15) is 69.0 Å². The van der Waals surface area contributed by atoms with Gasteiger partial charge >= 0.3 is 0 Å². The van der Waals surface area contributed by atoms with Gasteiger partial charge in [-0.05, 0) is 183 Å². The van der Waals surface area contributed by atoms with Crippen molar-refractivity contribution in [1.29, 1.82) is 0 Å². The van der Waals surface area contributed by atoms with Gasteiger partial charge in [0.25, 0.3) is 0 Å². The highest BCUT2D eigenvalue weighted by atomic mass is 14.2. The summed E-state index contributed by atoms with van der Waals surface area (Å²) in [6.07, 6.45) is 28.1. The number of aryl methyl sites for hydroxylation is 4. The van der Waals surface area contributed by atoms with Crippen molar-refractivity contribution in [3.05, 3.63) is 327 Å². The van der Waals surface area contributed by atoms with E-state index in [1.807, 2.05) is 24.3 Å². The zero-order chi connectivity index (χ0) is 48.6. The molecule has 0 saturated heterocycles. The highest BCUT2D eigenvalue weighted by Crippen LogP contribution is 2.35. The minimum Gasteiger partial charge on any atom is -0.121 e. The van der Waals surface area contributed by atoms with Crippen LogP contribution in [-0.2, 0) is 25.7 Å². The summed E-state index contributed by atoms with van der Waals surface area (Å²) in [5, 5.41) is 0. The molecule has 0 heteroatoms. The fourth-order valence-electron chi connectivity index (χ4n) is 9.48. The topological polar surface area (TPSA) is 0 Å². The van der Waals surface area contributed by atoms with Gasteiger partial charge in [-0.3, -0.25) is 0 Å². The lowest BCUT2D eigenvalue weighted by atomic mass is 9.89. The molecule has 0 N–H and O–H groups in total. The Labute approximate surface area is 423 Å². The smallest absolute Gasteiger partial charge is 0.00196 e. The molecule has 10 rings (SSSR count). The Morgan fingerprint density at radius 3 is 1.83 bits per heavy atom.